The lowest BCUT2D eigenvalue weighted by Gasteiger charge is -2.02. The molecule has 2 N–H and O–H groups in total. The minimum Gasteiger partial charge on any atom is -0.325 e. The van der Waals surface area contributed by atoms with Gasteiger partial charge in [0.2, 0.25) is 11.8 Å². The van der Waals surface area contributed by atoms with Gasteiger partial charge in [0.25, 0.3) is 0 Å². The average Bonchev–Trinajstić information content (AvgIpc) is 3.09. The number of hydrazone groups is 2. The van der Waals surface area contributed by atoms with Gasteiger partial charge in [0.05, 0.1) is 23.9 Å². The van der Waals surface area contributed by atoms with Crippen LogP contribution in [0, 0.1) is 0 Å². The highest BCUT2D eigenvalue weighted by Crippen LogP contribution is 2.27. The molecule has 0 fully saturated rings. The SMILES string of the molecule is Cn1c(Cl)c(/C=N\NC(=O)CSCc2ccc(Br)cc2)c(/C=N/NC(=O)CSCc2ccc(Br)cc2)c1Cl. The van der Waals surface area contributed by atoms with E-state index in [4.69, 9.17) is 23.2 Å². The Bertz CT molecular complexity index is 1220. The third kappa shape index (κ3) is 9.77. The Morgan fingerprint density at radius 1 is 0.789 bits per heavy atom. The average molecular weight is 720 g/mol. The van der Waals surface area contributed by atoms with Crippen molar-refractivity contribution in [3.8, 4) is 0 Å². The van der Waals surface area contributed by atoms with Crippen LogP contribution in [0.1, 0.15) is 22.3 Å². The summed E-state index contributed by atoms with van der Waals surface area (Å²) in [5, 5.41) is 8.66. The molecule has 3 rings (SSSR count). The van der Waals surface area contributed by atoms with E-state index in [1.54, 1.807) is 11.6 Å². The van der Waals surface area contributed by atoms with Gasteiger partial charge in [-0.15, -0.1) is 23.5 Å². The van der Waals surface area contributed by atoms with Crippen molar-refractivity contribution in [3.63, 3.8) is 0 Å². The Hall–Kier alpha value is -1.76. The summed E-state index contributed by atoms with van der Waals surface area (Å²) in [4.78, 5) is 24.3. The number of thioether (sulfide) groups is 2. The highest BCUT2D eigenvalue weighted by molar-refractivity contribution is 9.10. The minimum atomic E-state index is -0.246. The molecule has 0 spiro atoms. The molecule has 1 heterocycles. The summed E-state index contributed by atoms with van der Waals surface area (Å²) in [5.41, 5.74) is 8.16. The lowest BCUT2D eigenvalue weighted by molar-refractivity contribution is -0.119. The Kier molecular flexibility index (Phi) is 12.7. The fraction of sp³-hybridized carbons (Fsp3) is 0.200. The highest BCUT2D eigenvalue weighted by Gasteiger charge is 2.16. The van der Waals surface area contributed by atoms with E-state index in [0.717, 1.165) is 20.1 Å². The zero-order chi connectivity index (χ0) is 27.5. The predicted molar refractivity (Wildman–Crippen MR) is 168 cm³/mol. The topological polar surface area (TPSA) is 87.8 Å². The van der Waals surface area contributed by atoms with Crippen molar-refractivity contribution in [1.29, 1.82) is 0 Å². The first-order chi connectivity index (χ1) is 18.2. The van der Waals surface area contributed by atoms with Crippen LogP contribution in [0.4, 0.5) is 0 Å². The predicted octanol–water partition coefficient (Wildman–Crippen LogP) is 6.62. The van der Waals surface area contributed by atoms with E-state index in [2.05, 4.69) is 52.9 Å². The smallest absolute Gasteiger partial charge is 0.250 e. The molecular weight excluding hydrogens is 697 g/mol. The van der Waals surface area contributed by atoms with E-state index in [1.807, 2.05) is 48.5 Å². The van der Waals surface area contributed by atoms with Gasteiger partial charge < -0.3 is 4.57 Å². The second-order valence-electron chi connectivity index (χ2n) is 7.79. The molecule has 0 aliphatic carbocycles. The first-order valence-electron chi connectivity index (χ1n) is 11.1. The van der Waals surface area contributed by atoms with Gasteiger partial charge >= 0.3 is 0 Å². The second kappa shape index (κ2) is 15.7. The number of carbonyl (C=O) groups is 2. The lowest BCUT2D eigenvalue weighted by atomic mass is 10.2. The van der Waals surface area contributed by atoms with Crippen molar-refractivity contribution in [2.24, 2.45) is 17.3 Å². The normalized spacial score (nSPS) is 11.4. The third-order valence-electron chi connectivity index (χ3n) is 4.92. The molecule has 0 saturated heterocycles. The molecule has 7 nitrogen and oxygen atoms in total. The molecule has 2 amide bonds. The molecule has 0 unspecified atom stereocenters. The molecule has 1 aromatic heterocycles. The number of aromatic nitrogens is 1. The van der Waals surface area contributed by atoms with Gasteiger partial charge in [0.1, 0.15) is 10.3 Å². The summed E-state index contributed by atoms with van der Waals surface area (Å²) in [5.74, 6) is 1.42. The molecule has 0 aliphatic heterocycles. The summed E-state index contributed by atoms with van der Waals surface area (Å²) in [6, 6.07) is 15.9. The van der Waals surface area contributed by atoms with Crippen LogP contribution in [0.25, 0.3) is 0 Å². The second-order valence-corrected chi connectivity index (χ2v) is 12.3. The quantitative estimate of drug-likeness (QED) is 0.163. The van der Waals surface area contributed by atoms with Gasteiger partial charge in [-0.05, 0) is 35.4 Å². The maximum absolute atomic E-state index is 12.2. The Morgan fingerprint density at radius 3 is 1.53 bits per heavy atom. The molecule has 0 bridgehead atoms. The molecule has 13 heteroatoms. The first kappa shape index (κ1) is 30.8. The summed E-state index contributed by atoms with van der Waals surface area (Å²) in [6.07, 6.45) is 2.81. The third-order valence-corrected chi connectivity index (χ3v) is 8.90. The van der Waals surface area contributed by atoms with Crippen molar-refractivity contribution in [3.05, 3.63) is 90.0 Å². The van der Waals surface area contributed by atoms with E-state index < -0.39 is 0 Å². The monoisotopic (exact) mass is 717 g/mol. The summed E-state index contributed by atoms with van der Waals surface area (Å²) in [7, 11) is 1.69. The molecular formula is C25H23Br2Cl2N5O2S2. The van der Waals surface area contributed by atoms with Crippen molar-refractivity contribution >= 4 is 103 Å². The fourth-order valence-electron chi connectivity index (χ4n) is 3.00. The number of nitrogens with zero attached hydrogens (tertiary/aromatic N) is 3. The Labute approximate surface area is 256 Å². The van der Waals surface area contributed by atoms with Crippen molar-refractivity contribution in [1.82, 2.24) is 15.4 Å². The number of nitrogens with one attached hydrogen (secondary N) is 2. The van der Waals surface area contributed by atoms with Gasteiger partial charge in [0.15, 0.2) is 0 Å². The summed E-state index contributed by atoms with van der Waals surface area (Å²) < 4.78 is 3.57. The van der Waals surface area contributed by atoms with E-state index >= 15 is 0 Å². The number of hydrogen-bond donors (Lipinski definition) is 2. The molecule has 38 heavy (non-hydrogen) atoms. The molecule has 0 radical (unpaired) electrons. The van der Waals surface area contributed by atoms with Crippen LogP contribution in [-0.2, 0) is 28.1 Å². The molecule has 200 valence electrons. The van der Waals surface area contributed by atoms with Crippen LogP contribution < -0.4 is 10.9 Å². The maximum atomic E-state index is 12.2. The highest BCUT2D eigenvalue weighted by atomic mass is 79.9. The van der Waals surface area contributed by atoms with E-state index in [-0.39, 0.29) is 23.3 Å². The lowest BCUT2D eigenvalue weighted by Crippen LogP contribution is -2.20. The number of benzene rings is 2. The fourth-order valence-corrected chi connectivity index (χ4v) is 5.60. The van der Waals surface area contributed by atoms with Crippen molar-refractivity contribution < 1.29 is 9.59 Å². The zero-order valence-electron chi connectivity index (χ0n) is 20.1. The molecule has 0 atom stereocenters. The number of carbonyl (C=O) groups excluding carboxylic acids is 2. The van der Waals surface area contributed by atoms with Gasteiger partial charge in [-0.2, -0.15) is 10.2 Å². The van der Waals surface area contributed by atoms with Crippen LogP contribution in [0.3, 0.4) is 0 Å². The van der Waals surface area contributed by atoms with E-state index in [0.29, 0.717) is 32.9 Å². The van der Waals surface area contributed by atoms with Gasteiger partial charge in [-0.3, -0.25) is 9.59 Å². The van der Waals surface area contributed by atoms with E-state index in [1.165, 1.54) is 36.0 Å². The number of rotatable bonds is 12. The largest absolute Gasteiger partial charge is 0.325 e. The van der Waals surface area contributed by atoms with Gasteiger partial charge in [-0.1, -0.05) is 79.3 Å². The van der Waals surface area contributed by atoms with Crippen LogP contribution in [0.5, 0.6) is 0 Å². The minimum absolute atomic E-state index is 0.246. The standard InChI is InChI=1S/C25H23Br2Cl2N5O2S2/c1-34-24(28)20(10-30-32-22(35)14-37-12-16-2-6-18(26)7-3-16)21(25(34)29)11-31-33-23(36)15-38-13-17-4-8-19(27)9-5-17/h2-11H,12-15H2,1H3,(H,32,35)(H,33,36)/b30-10-,31-11+. The van der Waals surface area contributed by atoms with Gasteiger partial charge in [0, 0.05) is 38.6 Å². The zero-order valence-corrected chi connectivity index (χ0v) is 26.4. The number of halogens is 4. The Morgan fingerprint density at radius 2 is 1.16 bits per heavy atom. The molecule has 0 saturated carbocycles. The van der Waals surface area contributed by atoms with Crippen molar-refractivity contribution in [2.75, 3.05) is 11.5 Å². The van der Waals surface area contributed by atoms with Crippen molar-refractivity contribution in [2.45, 2.75) is 11.5 Å². The number of amides is 2. The van der Waals surface area contributed by atoms with Crippen LogP contribution in [0.15, 0.2) is 67.7 Å². The number of hydrogen-bond acceptors (Lipinski definition) is 6. The Balaban J connectivity index is 1.48. The van der Waals surface area contributed by atoms with Crippen LogP contribution in [0.2, 0.25) is 10.3 Å². The summed E-state index contributed by atoms with van der Waals surface area (Å²) >= 11 is 22.5. The first-order valence-corrected chi connectivity index (χ1v) is 15.7. The van der Waals surface area contributed by atoms with Gasteiger partial charge in [-0.25, -0.2) is 10.9 Å². The maximum Gasteiger partial charge on any atom is 0.250 e. The summed E-state index contributed by atoms with van der Waals surface area (Å²) in [6.45, 7) is 0. The molecule has 3 aromatic rings. The molecule has 2 aromatic carbocycles. The van der Waals surface area contributed by atoms with Crippen LogP contribution in [-0.4, -0.2) is 40.3 Å². The van der Waals surface area contributed by atoms with Crippen LogP contribution >= 0.6 is 78.6 Å². The molecule has 0 aliphatic rings. The van der Waals surface area contributed by atoms with E-state index in [9.17, 15) is 9.59 Å².